The molecule has 136 valence electrons. The predicted octanol–water partition coefficient (Wildman–Crippen LogP) is 5.48. The van der Waals surface area contributed by atoms with E-state index in [4.69, 9.17) is 0 Å². The van der Waals surface area contributed by atoms with Crippen molar-refractivity contribution in [2.75, 3.05) is 5.75 Å². The summed E-state index contributed by atoms with van der Waals surface area (Å²) >= 11 is 1.23. The van der Waals surface area contributed by atoms with Crippen LogP contribution in [0.25, 0.3) is 0 Å². The van der Waals surface area contributed by atoms with Gasteiger partial charge in [-0.15, -0.1) is 0 Å². The van der Waals surface area contributed by atoms with Gasteiger partial charge < -0.3 is 0 Å². The monoisotopic (exact) mass is 344 g/mol. The Bertz CT molecular complexity index is 386. The molecule has 0 saturated heterocycles. The first-order chi connectivity index (χ1) is 9.75. The van der Waals surface area contributed by atoms with Crippen molar-refractivity contribution in [3.8, 4) is 0 Å². The lowest BCUT2D eigenvalue weighted by Crippen LogP contribution is -2.10. The van der Waals surface area contributed by atoms with Crippen LogP contribution in [-0.4, -0.2) is 22.4 Å². The molecular formula is C19H36O3S. The van der Waals surface area contributed by atoms with Crippen molar-refractivity contribution < 1.29 is 14.4 Å². The zero-order valence-corrected chi connectivity index (χ0v) is 14.6. The van der Waals surface area contributed by atoms with Crippen molar-refractivity contribution in [1.29, 1.82) is 0 Å². The molecule has 0 aliphatic rings. The van der Waals surface area contributed by atoms with Gasteiger partial charge in [0, 0.05) is 30.4 Å². The maximum Gasteiger partial charge on any atom is 0.191 e. The minimum absolute atomic E-state index is 0. The highest BCUT2D eigenvalue weighted by atomic mass is 32.2. The summed E-state index contributed by atoms with van der Waals surface area (Å²) in [5, 5.41) is 0.139. The molecule has 0 fully saturated rings. The summed E-state index contributed by atoms with van der Waals surface area (Å²) < 4.78 is 0. The Kier molecular flexibility index (Phi) is 17.2. The summed E-state index contributed by atoms with van der Waals surface area (Å²) in [6.45, 7) is 11.0. The second-order valence-electron chi connectivity index (χ2n) is 5.89. The second kappa shape index (κ2) is 14.7. The third-order valence-electron chi connectivity index (χ3n) is 3.41. The number of rotatable bonds is 11. The summed E-state index contributed by atoms with van der Waals surface area (Å²) in [7, 11) is 0. The molecular weight excluding hydrogens is 308 g/mol. The fraction of sp³-hybridized carbons (Fsp3) is 0.737. The molecule has 0 aromatic rings. The van der Waals surface area contributed by atoms with Crippen LogP contribution in [0.1, 0.15) is 74.7 Å². The Morgan fingerprint density at radius 1 is 1.00 bits per heavy atom. The molecule has 0 radical (unpaired) electrons. The molecule has 1 unspecified atom stereocenters. The van der Waals surface area contributed by atoms with Crippen molar-refractivity contribution in [1.82, 2.24) is 0 Å². The fourth-order valence-electron chi connectivity index (χ4n) is 1.76. The first-order valence-electron chi connectivity index (χ1n) is 7.63. The van der Waals surface area contributed by atoms with E-state index < -0.39 is 0 Å². The summed E-state index contributed by atoms with van der Waals surface area (Å²) in [6, 6.07) is 0. The Hall–Kier alpha value is -0.900. The van der Waals surface area contributed by atoms with Crippen molar-refractivity contribution in [3.63, 3.8) is 0 Å². The van der Waals surface area contributed by atoms with Crippen LogP contribution < -0.4 is 0 Å². The van der Waals surface area contributed by atoms with E-state index >= 15 is 0 Å². The summed E-state index contributed by atoms with van der Waals surface area (Å²) in [4.78, 5) is 34.7. The zero-order valence-electron chi connectivity index (χ0n) is 13.7. The first-order valence-corrected chi connectivity index (χ1v) is 8.62. The van der Waals surface area contributed by atoms with Gasteiger partial charge >= 0.3 is 0 Å². The van der Waals surface area contributed by atoms with Gasteiger partial charge in [0.2, 0.25) is 0 Å². The lowest BCUT2D eigenvalue weighted by atomic mass is 10.00. The third kappa shape index (κ3) is 13.3. The predicted molar refractivity (Wildman–Crippen MR) is 103 cm³/mol. The van der Waals surface area contributed by atoms with Gasteiger partial charge in [0.1, 0.15) is 5.78 Å². The SMILES string of the molecule is C.C.C=C(C)C(=O)CCSC(=O)C(C)CCCCC(=O)C(C)C. The largest absolute Gasteiger partial charge is 0.299 e. The van der Waals surface area contributed by atoms with Crippen molar-refractivity contribution in [2.24, 2.45) is 11.8 Å². The molecule has 0 bridgehead atoms. The van der Waals surface area contributed by atoms with E-state index in [1.807, 2.05) is 20.8 Å². The smallest absolute Gasteiger partial charge is 0.191 e. The Balaban J connectivity index is -0.00000200. The van der Waals surface area contributed by atoms with E-state index in [0.29, 0.717) is 30.0 Å². The highest BCUT2D eigenvalue weighted by molar-refractivity contribution is 8.13. The zero-order chi connectivity index (χ0) is 16.4. The number of hydrogen-bond acceptors (Lipinski definition) is 4. The summed E-state index contributed by atoms with van der Waals surface area (Å²) in [6.07, 6.45) is 3.55. The van der Waals surface area contributed by atoms with Crippen LogP contribution in [-0.2, 0) is 14.4 Å². The first kappa shape index (κ1) is 27.0. The molecule has 0 N–H and O–H groups in total. The Morgan fingerprint density at radius 2 is 1.57 bits per heavy atom. The number of carbonyl (C=O) groups excluding carboxylic acids is 3. The average molecular weight is 345 g/mol. The minimum atomic E-state index is -0.0101. The van der Waals surface area contributed by atoms with Gasteiger partial charge in [0.15, 0.2) is 10.9 Å². The molecule has 0 aromatic carbocycles. The topological polar surface area (TPSA) is 51.2 Å². The highest BCUT2D eigenvalue weighted by Crippen LogP contribution is 2.19. The molecule has 0 aliphatic heterocycles. The van der Waals surface area contributed by atoms with Gasteiger partial charge in [-0.3, -0.25) is 14.4 Å². The van der Waals surface area contributed by atoms with Crippen LogP contribution in [0, 0.1) is 11.8 Å². The number of hydrogen-bond donors (Lipinski definition) is 0. The highest BCUT2D eigenvalue weighted by Gasteiger charge is 2.14. The summed E-state index contributed by atoms with van der Waals surface area (Å²) in [5.74, 6) is 0.937. The number of ketones is 2. The molecule has 1 atom stereocenters. The van der Waals surface area contributed by atoms with E-state index in [2.05, 4.69) is 6.58 Å². The van der Waals surface area contributed by atoms with Crippen LogP contribution >= 0.6 is 11.8 Å². The number of unbranched alkanes of at least 4 members (excludes halogenated alkanes) is 1. The van der Waals surface area contributed by atoms with Crippen molar-refractivity contribution >= 4 is 28.4 Å². The Labute approximate surface area is 147 Å². The van der Waals surface area contributed by atoms with Gasteiger partial charge in [-0.2, -0.15) is 0 Å². The summed E-state index contributed by atoms with van der Waals surface area (Å²) in [5.41, 5.74) is 0.547. The average Bonchev–Trinajstić information content (AvgIpc) is 2.42. The molecule has 0 aliphatic carbocycles. The van der Waals surface area contributed by atoms with Gasteiger partial charge in [0.05, 0.1) is 0 Å². The van der Waals surface area contributed by atoms with Crippen LogP contribution in [0.15, 0.2) is 12.2 Å². The molecule has 0 amide bonds. The van der Waals surface area contributed by atoms with E-state index in [1.54, 1.807) is 6.92 Å². The molecule has 0 aromatic heterocycles. The molecule has 23 heavy (non-hydrogen) atoms. The molecule has 0 heterocycles. The van der Waals surface area contributed by atoms with E-state index in [-0.39, 0.29) is 37.6 Å². The quantitative estimate of drug-likeness (QED) is 0.368. The lowest BCUT2D eigenvalue weighted by molar-refractivity contribution is -0.122. The number of thioether (sulfide) groups is 1. The van der Waals surface area contributed by atoms with Crippen LogP contribution in [0.3, 0.4) is 0 Å². The minimum Gasteiger partial charge on any atom is -0.299 e. The third-order valence-corrected chi connectivity index (χ3v) is 4.50. The number of carbonyl (C=O) groups is 3. The molecule has 3 nitrogen and oxygen atoms in total. The maximum atomic E-state index is 11.9. The van der Waals surface area contributed by atoms with E-state index in [0.717, 1.165) is 19.3 Å². The van der Waals surface area contributed by atoms with Crippen molar-refractivity contribution in [3.05, 3.63) is 12.2 Å². The van der Waals surface area contributed by atoms with Gasteiger partial charge in [-0.05, 0) is 25.3 Å². The van der Waals surface area contributed by atoms with Gasteiger partial charge in [0.25, 0.3) is 0 Å². The molecule has 0 saturated carbocycles. The van der Waals surface area contributed by atoms with Crippen molar-refractivity contribution in [2.45, 2.75) is 74.7 Å². The number of allylic oxidation sites excluding steroid dienone is 1. The molecule has 0 rings (SSSR count). The van der Waals surface area contributed by atoms with Crippen LogP contribution in [0.4, 0.5) is 0 Å². The second-order valence-corrected chi connectivity index (χ2v) is 6.99. The Morgan fingerprint density at radius 3 is 2.04 bits per heavy atom. The lowest BCUT2D eigenvalue weighted by Gasteiger charge is -2.10. The molecule has 4 heteroatoms. The molecule has 0 spiro atoms. The van der Waals surface area contributed by atoms with Gasteiger partial charge in [-0.25, -0.2) is 0 Å². The van der Waals surface area contributed by atoms with E-state index in [1.165, 1.54) is 11.8 Å². The van der Waals surface area contributed by atoms with Gasteiger partial charge in [-0.1, -0.05) is 60.4 Å². The van der Waals surface area contributed by atoms with Crippen LogP contribution in [0.5, 0.6) is 0 Å². The fourth-order valence-corrected chi connectivity index (χ4v) is 2.65. The standard InChI is InChI=1S/C17H28O3S.2CH4/c1-12(2)15(18)9-7-6-8-14(5)17(20)21-11-10-16(19)13(3)4;;/h12,14H,3,6-11H2,1-2,4-5H3;2*1H4. The maximum absolute atomic E-state index is 11.9. The van der Waals surface area contributed by atoms with Crippen LogP contribution in [0.2, 0.25) is 0 Å². The number of Topliss-reactive ketones (excluding diaryl/α,β-unsaturated/α-hetero) is 2. The van der Waals surface area contributed by atoms with E-state index in [9.17, 15) is 14.4 Å². The normalized spacial score (nSPS) is 11.2.